The van der Waals surface area contributed by atoms with Gasteiger partial charge in [0.05, 0.1) is 16.1 Å². The predicted molar refractivity (Wildman–Crippen MR) is 52.5 cm³/mol. The number of hydrogen-bond acceptors (Lipinski definition) is 2. The number of nitriles is 1. The number of ether oxygens (including phenoxy) is 1. The molecule has 14 heavy (non-hydrogen) atoms. The molecule has 0 saturated heterocycles. The van der Waals surface area contributed by atoms with Gasteiger partial charge < -0.3 is 4.74 Å². The van der Waals surface area contributed by atoms with Crippen LogP contribution in [0.25, 0.3) is 0 Å². The molecule has 1 aliphatic rings. The molecule has 0 heterocycles. The number of rotatable bonds is 2. The van der Waals surface area contributed by atoms with Gasteiger partial charge >= 0.3 is 0 Å². The zero-order valence-electron chi connectivity index (χ0n) is 7.26. The van der Waals surface area contributed by atoms with Gasteiger partial charge in [-0.25, -0.2) is 4.39 Å². The van der Waals surface area contributed by atoms with Gasteiger partial charge in [-0.2, -0.15) is 5.26 Å². The lowest BCUT2D eigenvalue weighted by atomic mass is 10.2. The predicted octanol–water partition coefficient (Wildman–Crippen LogP) is 3.00. The van der Waals surface area contributed by atoms with E-state index in [-0.39, 0.29) is 11.7 Å². The van der Waals surface area contributed by atoms with Gasteiger partial charge in [0, 0.05) is 0 Å². The Kier molecular flexibility index (Phi) is 2.42. The number of benzene rings is 1. The maximum absolute atomic E-state index is 12.9. The molecule has 2 nitrogen and oxygen atoms in total. The fourth-order valence-corrected chi connectivity index (χ4v) is 1.64. The molecule has 0 radical (unpaired) electrons. The van der Waals surface area contributed by atoms with Crippen molar-refractivity contribution in [2.45, 2.75) is 18.9 Å². The van der Waals surface area contributed by atoms with E-state index in [0.29, 0.717) is 10.2 Å². The van der Waals surface area contributed by atoms with Gasteiger partial charge in [0.1, 0.15) is 11.9 Å². The molecule has 0 aromatic heterocycles. The third-order valence-corrected chi connectivity index (χ3v) is 2.53. The Morgan fingerprint density at radius 1 is 1.50 bits per heavy atom. The molecule has 0 unspecified atom stereocenters. The Morgan fingerprint density at radius 3 is 2.79 bits per heavy atom. The third kappa shape index (κ3) is 1.88. The minimum Gasteiger partial charge on any atom is -0.488 e. The molecular weight excluding hydrogens is 249 g/mol. The molecule has 4 heteroatoms. The molecule has 0 atom stereocenters. The summed E-state index contributed by atoms with van der Waals surface area (Å²) in [6.07, 6.45) is 2.22. The SMILES string of the molecule is N#Cc1cc(F)cc(Br)c1OC1CC1. The molecular formula is C10H7BrFNO. The highest BCUT2D eigenvalue weighted by molar-refractivity contribution is 9.10. The highest BCUT2D eigenvalue weighted by atomic mass is 79.9. The van der Waals surface area contributed by atoms with E-state index < -0.39 is 5.82 Å². The summed E-state index contributed by atoms with van der Waals surface area (Å²) in [6, 6.07) is 4.40. The Bertz CT molecular complexity index is 409. The van der Waals surface area contributed by atoms with Gasteiger partial charge in [-0.15, -0.1) is 0 Å². The third-order valence-electron chi connectivity index (χ3n) is 1.94. The van der Waals surface area contributed by atoms with E-state index in [1.165, 1.54) is 12.1 Å². The second-order valence-electron chi connectivity index (χ2n) is 3.19. The van der Waals surface area contributed by atoms with Crippen LogP contribution < -0.4 is 4.74 Å². The molecule has 72 valence electrons. The van der Waals surface area contributed by atoms with E-state index >= 15 is 0 Å². The standard InChI is InChI=1S/C10H7BrFNO/c11-9-4-7(12)3-6(5-13)10(9)14-8-1-2-8/h3-4,8H,1-2H2. The largest absolute Gasteiger partial charge is 0.488 e. The monoisotopic (exact) mass is 255 g/mol. The number of halogens is 2. The van der Waals surface area contributed by atoms with Crippen molar-refractivity contribution in [3.05, 3.63) is 28.0 Å². The van der Waals surface area contributed by atoms with Crippen molar-refractivity contribution in [1.29, 1.82) is 5.26 Å². The summed E-state index contributed by atoms with van der Waals surface area (Å²) >= 11 is 3.18. The summed E-state index contributed by atoms with van der Waals surface area (Å²) in [7, 11) is 0. The minimum absolute atomic E-state index is 0.198. The van der Waals surface area contributed by atoms with Crippen LogP contribution in [0.5, 0.6) is 5.75 Å². The second kappa shape index (κ2) is 3.58. The molecule has 2 rings (SSSR count). The van der Waals surface area contributed by atoms with Gasteiger partial charge in [0.25, 0.3) is 0 Å². The first-order chi connectivity index (χ1) is 6.70. The van der Waals surface area contributed by atoms with Crippen LogP contribution in [-0.2, 0) is 0 Å². The molecule has 0 amide bonds. The van der Waals surface area contributed by atoms with Gasteiger partial charge in [0.2, 0.25) is 0 Å². The first-order valence-electron chi connectivity index (χ1n) is 4.26. The number of nitrogens with zero attached hydrogens (tertiary/aromatic N) is 1. The Balaban J connectivity index is 2.39. The van der Waals surface area contributed by atoms with E-state index in [1.807, 2.05) is 6.07 Å². The van der Waals surface area contributed by atoms with Crippen molar-refractivity contribution in [3.8, 4) is 11.8 Å². The lowest BCUT2D eigenvalue weighted by Gasteiger charge is -2.08. The van der Waals surface area contributed by atoms with E-state index in [1.54, 1.807) is 0 Å². The van der Waals surface area contributed by atoms with E-state index in [9.17, 15) is 4.39 Å². The molecule has 1 fully saturated rings. The quantitative estimate of drug-likeness (QED) is 0.814. The van der Waals surface area contributed by atoms with Gasteiger partial charge in [-0.3, -0.25) is 0 Å². The lowest BCUT2D eigenvalue weighted by molar-refractivity contribution is 0.300. The summed E-state index contributed by atoms with van der Waals surface area (Å²) in [6.45, 7) is 0. The Labute approximate surface area is 89.4 Å². The highest BCUT2D eigenvalue weighted by Gasteiger charge is 2.26. The van der Waals surface area contributed by atoms with E-state index in [0.717, 1.165) is 12.8 Å². The maximum Gasteiger partial charge on any atom is 0.151 e. The van der Waals surface area contributed by atoms with Crippen LogP contribution in [0.2, 0.25) is 0 Å². The first-order valence-corrected chi connectivity index (χ1v) is 5.06. The van der Waals surface area contributed by atoms with Crippen molar-refractivity contribution in [1.82, 2.24) is 0 Å². The van der Waals surface area contributed by atoms with Crippen LogP contribution in [0.15, 0.2) is 16.6 Å². The van der Waals surface area contributed by atoms with Crippen molar-refractivity contribution in [3.63, 3.8) is 0 Å². The minimum atomic E-state index is -0.434. The summed E-state index contributed by atoms with van der Waals surface area (Å²) in [5.74, 6) is 0.0213. The molecule has 1 aliphatic carbocycles. The Morgan fingerprint density at radius 2 is 2.21 bits per heavy atom. The van der Waals surface area contributed by atoms with Crippen molar-refractivity contribution >= 4 is 15.9 Å². The zero-order chi connectivity index (χ0) is 10.1. The summed E-state index contributed by atoms with van der Waals surface area (Å²) in [5.41, 5.74) is 0.240. The first kappa shape index (κ1) is 9.47. The smallest absolute Gasteiger partial charge is 0.151 e. The average Bonchev–Trinajstić information content (AvgIpc) is 2.93. The average molecular weight is 256 g/mol. The fraction of sp³-hybridized carbons (Fsp3) is 0.300. The van der Waals surface area contributed by atoms with Gasteiger partial charge in [0.15, 0.2) is 5.75 Å². The van der Waals surface area contributed by atoms with Crippen LogP contribution in [0.1, 0.15) is 18.4 Å². The molecule has 0 aliphatic heterocycles. The van der Waals surface area contributed by atoms with Crippen LogP contribution in [0, 0.1) is 17.1 Å². The fourth-order valence-electron chi connectivity index (χ4n) is 1.12. The van der Waals surface area contributed by atoms with Crippen LogP contribution in [0.4, 0.5) is 4.39 Å². The van der Waals surface area contributed by atoms with Crippen molar-refractivity contribution < 1.29 is 9.13 Å². The molecule has 0 spiro atoms. The molecule has 1 aromatic carbocycles. The Hall–Kier alpha value is -1.08. The second-order valence-corrected chi connectivity index (χ2v) is 4.05. The van der Waals surface area contributed by atoms with Gasteiger partial charge in [-0.1, -0.05) is 0 Å². The molecule has 1 saturated carbocycles. The summed E-state index contributed by atoms with van der Waals surface area (Å²) in [4.78, 5) is 0. The summed E-state index contributed by atoms with van der Waals surface area (Å²) in [5, 5.41) is 8.78. The normalized spacial score (nSPS) is 14.9. The van der Waals surface area contributed by atoms with Crippen LogP contribution in [-0.4, -0.2) is 6.10 Å². The topological polar surface area (TPSA) is 33.0 Å². The maximum atomic E-state index is 12.9. The molecule has 1 aromatic rings. The molecule has 0 N–H and O–H groups in total. The van der Waals surface area contributed by atoms with E-state index in [4.69, 9.17) is 10.00 Å². The zero-order valence-corrected chi connectivity index (χ0v) is 8.84. The van der Waals surface area contributed by atoms with Crippen molar-refractivity contribution in [2.75, 3.05) is 0 Å². The van der Waals surface area contributed by atoms with Crippen LogP contribution in [0.3, 0.4) is 0 Å². The highest BCUT2D eigenvalue weighted by Crippen LogP contribution is 2.35. The van der Waals surface area contributed by atoms with Crippen molar-refractivity contribution in [2.24, 2.45) is 0 Å². The molecule has 0 bridgehead atoms. The van der Waals surface area contributed by atoms with Crippen LogP contribution >= 0.6 is 15.9 Å². The van der Waals surface area contributed by atoms with Gasteiger partial charge in [-0.05, 0) is 40.9 Å². The lowest BCUT2D eigenvalue weighted by Crippen LogP contribution is -1.99. The number of hydrogen-bond donors (Lipinski definition) is 0. The summed E-state index contributed by atoms with van der Waals surface area (Å²) < 4.78 is 18.9. The van der Waals surface area contributed by atoms with E-state index in [2.05, 4.69) is 15.9 Å².